The van der Waals surface area contributed by atoms with Crippen molar-refractivity contribution in [3.63, 3.8) is 0 Å². The maximum absolute atomic E-state index is 12.6. The average molecular weight is 385 g/mol. The monoisotopic (exact) mass is 384 g/mol. The highest BCUT2D eigenvalue weighted by molar-refractivity contribution is 7.16. The van der Waals surface area contributed by atoms with E-state index in [4.69, 9.17) is 16.0 Å². The third-order valence-corrected chi connectivity index (χ3v) is 5.36. The first-order valence-electron chi connectivity index (χ1n) is 7.98. The van der Waals surface area contributed by atoms with Gasteiger partial charge in [-0.1, -0.05) is 41.1 Å². The molecule has 0 spiro atoms. The molecule has 2 aromatic heterocycles. The fraction of sp³-hybridized carbons (Fsp3) is 0.105. The number of benzene rings is 2. The molecule has 0 fully saturated rings. The maximum atomic E-state index is 12.6. The van der Waals surface area contributed by atoms with Crippen LogP contribution in [0.25, 0.3) is 21.2 Å². The number of thiazole rings is 1. The van der Waals surface area contributed by atoms with Crippen molar-refractivity contribution in [2.75, 3.05) is 0 Å². The first-order valence-corrected chi connectivity index (χ1v) is 9.17. The van der Waals surface area contributed by atoms with Gasteiger partial charge in [-0.15, -0.1) is 0 Å². The molecule has 0 N–H and O–H groups in total. The number of fused-ring (bicyclic) bond motifs is 2. The normalized spacial score (nSPS) is 12.2. The second-order valence-corrected chi connectivity index (χ2v) is 7.02. The van der Waals surface area contributed by atoms with Gasteiger partial charge in [-0.2, -0.15) is 4.99 Å². The second-order valence-electron chi connectivity index (χ2n) is 5.60. The first-order chi connectivity index (χ1) is 12.6. The maximum Gasteiger partial charge on any atom is 0.315 e. The summed E-state index contributed by atoms with van der Waals surface area (Å²) < 4.78 is 8.38. The highest BCUT2D eigenvalue weighted by atomic mass is 35.5. The molecule has 2 aromatic carbocycles. The molecule has 4 aromatic rings. The Morgan fingerprint density at radius 2 is 2.04 bits per heavy atom. The van der Waals surface area contributed by atoms with E-state index in [1.54, 1.807) is 30.3 Å². The summed E-state index contributed by atoms with van der Waals surface area (Å²) in [6.45, 7) is 2.56. The largest absolute Gasteiger partial charge is 0.451 e. The van der Waals surface area contributed by atoms with Crippen LogP contribution in [-0.2, 0) is 6.54 Å². The summed E-state index contributed by atoms with van der Waals surface area (Å²) in [4.78, 5) is 29.5. The summed E-state index contributed by atoms with van der Waals surface area (Å²) >= 11 is 7.66. The molecule has 5 nitrogen and oxygen atoms in total. The molecule has 1 amide bonds. The number of halogens is 1. The van der Waals surface area contributed by atoms with Gasteiger partial charge in [-0.3, -0.25) is 9.59 Å². The third kappa shape index (κ3) is 2.77. The lowest BCUT2D eigenvalue weighted by molar-refractivity contribution is 0.0972. The van der Waals surface area contributed by atoms with E-state index >= 15 is 0 Å². The Bertz CT molecular complexity index is 1280. The van der Waals surface area contributed by atoms with Crippen LogP contribution in [0.2, 0.25) is 5.02 Å². The van der Waals surface area contributed by atoms with E-state index in [1.807, 2.05) is 23.6 Å². The number of rotatable bonds is 2. The Kier molecular flexibility index (Phi) is 4.22. The molecule has 0 aliphatic heterocycles. The first kappa shape index (κ1) is 16.8. The lowest BCUT2D eigenvalue weighted by Crippen LogP contribution is -2.16. The van der Waals surface area contributed by atoms with Crippen molar-refractivity contribution in [2.45, 2.75) is 13.5 Å². The minimum absolute atomic E-state index is 0.0834. The van der Waals surface area contributed by atoms with Gasteiger partial charge in [0.05, 0.1) is 20.6 Å². The molecule has 130 valence electrons. The van der Waals surface area contributed by atoms with Gasteiger partial charge >= 0.3 is 5.91 Å². The number of hydrogen-bond donors (Lipinski definition) is 0. The standard InChI is InChI=1S/C19H13ClN2O3S/c1-2-22-17-12(20)7-5-9-16(17)26-19(22)21-18(24)15-10-13(23)11-6-3-4-8-14(11)25-15/h3-10H,2H2,1H3. The van der Waals surface area contributed by atoms with Gasteiger partial charge in [0.1, 0.15) is 5.58 Å². The summed E-state index contributed by atoms with van der Waals surface area (Å²) in [5.74, 6) is -0.683. The van der Waals surface area contributed by atoms with Gasteiger partial charge in [-0.05, 0) is 31.2 Å². The van der Waals surface area contributed by atoms with Crippen molar-refractivity contribution in [3.8, 4) is 0 Å². The van der Waals surface area contributed by atoms with Crippen molar-refractivity contribution < 1.29 is 9.21 Å². The molecule has 0 saturated heterocycles. The quantitative estimate of drug-likeness (QED) is 0.519. The number of amides is 1. The Morgan fingerprint density at radius 3 is 2.85 bits per heavy atom. The van der Waals surface area contributed by atoms with E-state index < -0.39 is 5.91 Å². The molecule has 2 heterocycles. The van der Waals surface area contributed by atoms with Crippen molar-refractivity contribution in [1.29, 1.82) is 0 Å². The van der Waals surface area contributed by atoms with Crippen LogP contribution in [-0.4, -0.2) is 10.5 Å². The van der Waals surface area contributed by atoms with Crippen LogP contribution in [0, 0.1) is 0 Å². The van der Waals surface area contributed by atoms with E-state index in [9.17, 15) is 9.59 Å². The summed E-state index contributed by atoms with van der Waals surface area (Å²) in [6.07, 6.45) is 0. The minimum Gasteiger partial charge on any atom is -0.451 e. The van der Waals surface area contributed by atoms with E-state index in [2.05, 4.69) is 4.99 Å². The Labute approximate surface area is 156 Å². The number of carbonyl (C=O) groups excluding carboxylic acids is 1. The SMILES string of the molecule is CCn1c(=NC(=O)c2cc(=O)c3ccccc3o2)sc2cccc(Cl)c21. The van der Waals surface area contributed by atoms with Crippen LogP contribution < -0.4 is 10.2 Å². The zero-order valence-corrected chi connectivity index (χ0v) is 15.3. The highest BCUT2D eigenvalue weighted by Crippen LogP contribution is 2.25. The zero-order valence-electron chi connectivity index (χ0n) is 13.7. The van der Waals surface area contributed by atoms with Gasteiger partial charge in [0.25, 0.3) is 0 Å². The molecule has 4 rings (SSSR count). The van der Waals surface area contributed by atoms with Crippen molar-refractivity contribution >= 4 is 50.0 Å². The molecule has 26 heavy (non-hydrogen) atoms. The molecule has 0 aliphatic carbocycles. The molecule has 0 atom stereocenters. The van der Waals surface area contributed by atoms with Crippen LogP contribution in [0.15, 0.2) is 62.7 Å². The average Bonchev–Trinajstić information content (AvgIpc) is 3.00. The molecule has 0 aliphatic rings. The van der Waals surface area contributed by atoms with Crippen LogP contribution in [0.3, 0.4) is 0 Å². The summed E-state index contributed by atoms with van der Waals surface area (Å²) in [7, 11) is 0. The predicted octanol–water partition coefficient (Wildman–Crippen LogP) is 4.22. The van der Waals surface area contributed by atoms with Gasteiger partial charge in [-0.25, -0.2) is 0 Å². The summed E-state index contributed by atoms with van der Waals surface area (Å²) in [5, 5.41) is 1.04. The lowest BCUT2D eigenvalue weighted by Gasteiger charge is -2.02. The van der Waals surface area contributed by atoms with Crippen molar-refractivity contribution in [2.24, 2.45) is 4.99 Å². The van der Waals surface area contributed by atoms with Crippen LogP contribution in [0.4, 0.5) is 0 Å². The fourth-order valence-electron chi connectivity index (χ4n) is 2.82. The van der Waals surface area contributed by atoms with E-state index in [-0.39, 0.29) is 11.2 Å². The number of para-hydroxylation sites is 2. The van der Waals surface area contributed by atoms with E-state index in [0.29, 0.717) is 27.3 Å². The smallest absolute Gasteiger partial charge is 0.315 e. The molecule has 0 saturated carbocycles. The van der Waals surface area contributed by atoms with Crippen molar-refractivity contribution in [1.82, 2.24) is 4.57 Å². The zero-order chi connectivity index (χ0) is 18.3. The Balaban J connectivity index is 1.89. The van der Waals surface area contributed by atoms with E-state index in [0.717, 1.165) is 10.2 Å². The Morgan fingerprint density at radius 1 is 1.23 bits per heavy atom. The second kappa shape index (κ2) is 6.55. The molecule has 7 heteroatoms. The minimum atomic E-state index is -0.599. The van der Waals surface area contributed by atoms with Gasteiger partial charge in [0.2, 0.25) is 0 Å². The fourth-order valence-corrected chi connectivity index (χ4v) is 4.27. The van der Waals surface area contributed by atoms with Crippen LogP contribution in [0.1, 0.15) is 17.5 Å². The highest BCUT2D eigenvalue weighted by Gasteiger charge is 2.14. The molecule has 0 unspecified atom stereocenters. The summed E-state index contributed by atoms with van der Waals surface area (Å²) in [6, 6.07) is 13.6. The van der Waals surface area contributed by atoms with Gasteiger partial charge in [0, 0.05) is 12.6 Å². The predicted molar refractivity (Wildman–Crippen MR) is 103 cm³/mol. The number of hydrogen-bond acceptors (Lipinski definition) is 4. The van der Waals surface area contributed by atoms with Crippen LogP contribution in [0.5, 0.6) is 0 Å². The molecule has 0 radical (unpaired) electrons. The lowest BCUT2D eigenvalue weighted by atomic mass is 10.2. The molecular weight excluding hydrogens is 372 g/mol. The van der Waals surface area contributed by atoms with Crippen LogP contribution >= 0.6 is 22.9 Å². The molecular formula is C19H13ClN2O3S. The topological polar surface area (TPSA) is 64.6 Å². The number of aryl methyl sites for hydroxylation is 1. The Hall–Kier alpha value is -2.70. The van der Waals surface area contributed by atoms with Crippen molar-refractivity contribution in [3.05, 3.63) is 74.3 Å². The van der Waals surface area contributed by atoms with Gasteiger partial charge < -0.3 is 8.98 Å². The number of carbonyl (C=O) groups is 1. The third-order valence-electron chi connectivity index (χ3n) is 4.01. The van der Waals surface area contributed by atoms with E-state index in [1.165, 1.54) is 17.4 Å². The molecule has 0 bridgehead atoms. The number of aromatic nitrogens is 1. The number of nitrogens with zero attached hydrogens (tertiary/aromatic N) is 2. The van der Waals surface area contributed by atoms with Gasteiger partial charge in [0.15, 0.2) is 16.0 Å². The summed E-state index contributed by atoms with van der Waals surface area (Å²) in [5.41, 5.74) is 0.933.